The Balaban J connectivity index is 1.92. The third-order valence-electron chi connectivity index (χ3n) is 3.50. The molecule has 0 spiro atoms. The van der Waals surface area contributed by atoms with E-state index in [4.69, 9.17) is 0 Å². The van der Waals surface area contributed by atoms with Crippen molar-refractivity contribution in [2.75, 3.05) is 6.54 Å². The highest BCUT2D eigenvalue weighted by Gasteiger charge is 2.34. The summed E-state index contributed by atoms with van der Waals surface area (Å²) in [5, 5.41) is 3.60. The quantitative estimate of drug-likeness (QED) is 0.849. The van der Waals surface area contributed by atoms with Gasteiger partial charge in [0.15, 0.2) is 0 Å². The Kier molecular flexibility index (Phi) is 3.06. The second-order valence-corrected chi connectivity index (χ2v) is 5.97. The number of hydrogen-bond acceptors (Lipinski definition) is 2. The number of rotatable bonds is 3. The largest absolute Gasteiger partial charge is 0.338 e. The first-order valence-corrected chi connectivity index (χ1v) is 6.19. The van der Waals surface area contributed by atoms with Crippen LogP contribution in [0.2, 0.25) is 0 Å². The van der Waals surface area contributed by atoms with E-state index in [1.54, 1.807) is 0 Å². The zero-order valence-electron chi connectivity index (χ0n) is 10.8. The molecule has 90 valence electrons. The van der Waals surface area contributed by atoms with Gasteiger partial charge in [0.25, 0.3) is 0 Å². The van der Waals surface area contributed by atoms with Crippen molar-refractivity contribution >= 4 is 0 Å². The monoisotopic (exact) mass is 221 g/mol. The highest BCUT2D eigenvalue weighted by Crippen LogP contribution is 2.41. The molecule has 1 aromatic rings. The normalized spacial score (nSPS) is 25.5. The lowest BCUT2D eigenvalue weighted by Crippen LogP contribution is -2.43. The molecular weight excluding hydrogens is 198 g/mol. The van der Waals surface area contributed by atoms with Gasteiger partial charge in [0.2, 0.25) is 0 Å². The highest BCUT2D eigenvalue weighted by atomic mass is 15.0. The predicted molar refractivity (Wildman–Crippen MR) is 66.4 cm³/mol. The van der Waals surface area contributed by atoms with Gasteiger partial charge in [-0.15, -0.1) is 0 Å². The lowest BCUT2D eigenvalue weighted by molar-refractivity contribution is 0.215. The summed E-state index contributed by atoms with van der Waals surface area (Å²) in [6.07, 6.45) is 6.58. The van der Waals surface area contributed by atoms with Crippen LogP contribution in [0.1, 0.15) is 45.4 Å². The molecule has 1 aromatic heterocycles. The first kappa shape index (κ1) is 11.6. The Morgan fingerprint density at radius 2 is 2.19 bits per heavy atom. The molecule has 0 amide bonds. The van der Waals surface area contributed by atoms with Crippen molar-refractivity contribution in [1.82, 2.24) is 14.9 Å². The maximum atomic E-state index is 4.47. The van der Waals surface area contributed by atoms with Crippen LogP contribution in [0.4, 0.5) is 0 Å². The van der Waals surface area contributed by atoms with Gasteiger partial charge in [-0.2, -0.15) is 0 Å². The second kappa shape index (κ2) is 4.21. The van der Waals surface area contributed by atoms with Gasteiger partial charge >= 0.3 is 0 Å². The molecule has 1 N–H and O–H groups in total. The van der Waals surface area contributed by atoms with Crippen LogP contribution in [0, 0.1) is 5.92 Å². The molecule has 0 bridgehead atoms. The molecule has 3 heteroatoms. The standard InChI is InChI=1S/C13H23N3/c1-13(2,3)15-9-10-5-6-11(10)12-14-7-8-16(12)4/h7-8,10-11,15H,5-6,9H2,1-4H3. The van der Waals surface area contributed by atoms with Gasteiger partial charge in [0.05, 0.1) is 0 Å². The molecular formula is C13H23N3. The lowest BCUT2D eigenvalue weighted by atomic mass is 9.73. The smallest absolute Gasteiger partial charge is 0.111 e. The van der Waals surface area contributed by atoms with Gasteiger partial charge in [0.1, 0.15) is 5.82 Å². The average Bonchev–Trinajstić information content (AvgIpc) is 2.48. The number of aromatic nitrogens is 2. The lowest BCUT2D eigenvalue weighted by Gasteiger charge is -2.38. The van der Waals surface area contributed by atoms with Crippen LogP contribution in [-0.2, 0) is 7.05 Å². The molecule has 2 atom stereocenters. The minimum Gasteiger partial charge on any atom is -0.338 e. The van der Waals surface area contributed by atoms with Gasteiger partial charge in [-0.3, -0.25) is 0 Å². The Hall–Kier alpha value is -0.830. The van der Waals surface area contributed by atoms with E-state index in [0.29, 0.717) is 5.92 Å². The first-order chi connectivity index (χ1) is 7.47. The van der Waals surface area contributed by atoms with E-state index in [0.717, 1.165) is 12.5 Å². The Bertz CT molecular complexity index is 348. The van der Waals surface area contributed by atoms with Crippen molar-refractivity contribution in [3.8, 4) is 0 Å². The average molecular weight is 221 g/mol. The van der Waals surface area contributed by atoms with Gasteiger partial charge in [-0.05, 0) is 46.1 Å². The van der Waals surface area contributed by atoms with Crippen molar-refractivity contribution in [3.63, 3.8) is 0 Å². The van der Waals surface area contributed by atoms with E-state index in [2.05, 4.69) is 42.7 Å². The van der Waals surface area contributed by atoms with Crippen LogP contribution in [-0.4, -0.2) is 21.6 Å². The van der Waals surface area contributed by atoms with E-state index >= 15 is 0 Å². The fourth-order valence-corrected chi connectivity index (χ4v) is 2.32. The van der Waals surface area contributed by atoms with Crippen molar-refractivity contribution in [2.45, 2.75) is 45.1 Å². The maximum Gasteiger partial charge on any atom is 0.111 e. The molecule has 1 fully saturated rings. The number of imidazole rings is 1. The summed E-state index contributed by atoms with van der Waals surface area (Å²) in [5.74, 6) is 2.68. The summed E-state index contributed by atoms with van der Waals surface area (Å²) in [7, 11) is 2.09. The van der Waals surface area contributed by atoms with E-state index in [1.807, 2.05) is 12.4 Å². The number of hydrogen-bond donors (Lipinski definition) is 1. The molecule has 1 aliphatic rings. The molecule has 16 heavy (non-hydrogen) atoms. The van der Waals surface area contributed by atoms with Gasteiger partial charge in [0, 0.05) is 30.9 Å². The third-order valence-corrected chi connectivity index (χ3v) is 3.50. The van der Waals surface area contributed by atoms with Crippen LogP contribution in [0.3, 0.4) is 0 Å². The Labute approximate surface area is 98.3 Å². The molecule has 0 radical (unpaired) electrons. The molecule has 1 heterocycles. The van der Waals surface area contributed by atoms with E-state index in [1.165, 1.54) is 18.7 Å². The number of nitrogens with zero attached hydrogens (tertiary/aromatic N) is 2. The minimum absolute atomic E-state index is 0.224. The molecule has 2 rings (SSSR count). The van der Waals surface area contributed by atoms with Crippen LogP contribution in [0.5, 0.6) is 0 Å². The van der Waals surface area contributed by atoms with E-state index < -0.39 is 0 Å². The Morgan fingerprint density at radius 3 is 2.62 bits per heavy atom. The summed E-state index contributed by atoms with van der Waals surface area (Å²) in [5.41, 5.74) is 0.224. The summed E-state index contributed by atoms with van der Waals surface area (Å²) in [4.78, 5) is 4.47. The molecule has 1 aliphatic carbocycles. The van der Waals surface area contributed by atoms with E-state index in [-0.39, 0.29) is 5.54 Å². The molecule has 0 aromatic carbocycles. The predicted octanol–water partition coefficient (Wildman–Crippen LogP) is 2.30. The number of nitrogens with one attached hydrogen (secondary N) is 1. The zero-order chi connectivity index (χ0) is 11.8. The van der Waals surface area contributed by atoms with Crippen LogP contribution in [0.25, 0.3) is 0 Å². The van der Waals surface area contributed by atoms with Crippen LogP contribution >= 0.6 is 0 Å². The maximum absolute atomic E-state index is 4.47. The first-order valence-electron chi connectivity index (χ1n) is 6.19. The molecule has 2 unspecified atom stereocenters. The van der Waals surface area contributed by atoms with Gasteiger partial charge in [-0.25, -0.2) is 4.98 Å². The molecule has 0 aliphatic heterocycles. The van der Waals surface area contributed by atoms with Crippen molar-refractivity contribution in [3.05, 3.63) is 18.2 Å². The highest BCUT2D eigenvalue weighted by molar-refractivity contribution is 5.07. The topological polar surface area (TPSA) is 29.9 Å². The Morgan fingerprint density at radius 1 is 1.44 bits per heavy atom. The van der Waals surface area contributed by atoms with Crippen LogP contribution < -0.4 is 5.32 Å². The van der Waals surface area contributed by atoms with Gasteiger partial charge in [-0.1, -0.05) is 0 Å². The van der Waals surface area contributed by atoms with Crippen molar-refractivity contribution in [2.24, 2.45) is 13.0 Å². The van der Waals surface area contributed by atoms with Gasteiger partial charge < -0.3 is 9.88 Å². The van der Waals surface area contributed by atoms with E-state index in [9.17, 15) is 0 Å². The van der Waals surface area contributed by atoms with Crippen LogP contribution in [0.15, 0.2) is 12.4 Å². The summed E-state index contributed by atoms with van der Waals surface area (Å²) < 4.78 is 2.16. The minimum atomic E-state index is 0.224. The summed E-state index contributed by atoms with van der Waals surface area (Å²) in [6, 6.07) is 0. The fraction of sp³-hybridized carbons (Fsp3) is 0.769. The van der Waals surface area contributed by atoms with Crippen molar-refractivity contribution < 1.29 is 0 Å². The second-order valence-electron chi connectivity index (χ2n) is 5.97. The molecule has 1 saturated carbocycles. The summed E-state index contributed by atoms with van der Waals surface area (Å²) in [6.45, 7) is 7.78. The molecule has 0 saturated heterocycles. The third kappa shape index (κ3) is 2.46. The SMILES string of the molecule is Cn1ccnc1C1CCC1CNC(C)(C)C. The molecule has 3 nitrogen and oxygen atoms in total. The summed E-state index contributed by atoms with van der Waals surface area (Å²) >= 11 is 0. The zero-order valence-corrected chi connectivity index (χ0v) is 10.8. The van der Waals surface area contributed by atoms with Crippen molar-refractivity contribution in [1.29, 1.82) is 0 Å². The number of aryl methyl sites for hydroxylation is 1. The fourth-order valence-electron chi connectivity index (χ4n) is 2.32.